The molecule has 0 bridgehead atoms. The second-order valence-corrected chi connectivity index (χ2v) is 4.54. The lowest BCUT2D eigenvalue weighted by Crippen LogP contribution is -2.14. The number of aliphatic hydroxyl groups is 2. The maximum atomic E-state index is 10.0. The van der Waals surface area contributed by atoms with E-state index in [0.29, 0.717) is 21.7 Å². The molecule has 1 heterocycles. The van der Waals surface area contributed by atoms with Crippen LogP contribution >= 0.6 is 11.6 Å². The van der Waals surface area contributed by atoms with Gasteiger partial charge < -0.3 is 10.2 Å². The molecule has 0 aliphatic heterocycles. The lowest BCUT2D eigenvalue weighted by molar-refractivity contribution is 0.208. The Morgan fingerprint density at radius 1 is 1.33 bits per heavy atom. The fraction of sp³-hybridized carbons (Fsp3) is 0.167. The van der Waals surface area contributed by atoms with Gasteiger partial charge in [-0.2, -0.15) is 0 Å². The predicted octanol–water partition coefficient (Wildman–Crippen LogP) is 2.20. The van der Waals surface area contributed by atoms with Gasteiger partial charge in [-0.3, -0.25) is 5.10 Å². The van der Waals surface area contributed by atoms with E-state index < -0.39 is 6.10 Å². The topological polar surface area (TPSA) is 82.0 Å². The van der Waals surface area contributed by atoms with Crippen molar-refractivity contribution in [1.29, 1.82) is 0 Å². The molecule has 3 N–H and O–H groups in total. The number of halogens is 1. The second-order valence-electron chi connectivity index (χ2n) is 4.13. The Kier molecular flexibility index (Phi) is 2.57. The Labute approximate surface area is 107 Å². The van der Waals surface area contributed by atoms with Crippen molar-refractivity contribution in [3.05, 3.63) is 40.6 Å². The molecule has 18 heavy (non-hydrogen) atoms. The van der Waals surface area contributed by atoms with E-state index in [-0.39, 0.29) is 12.2 Å². The molecule has 1 aliphatic carbocycles. The third-order valence-corrected chi connectivity index (χ3v) is 3.27. The molecule has 5 nitrogen and oxygen atoms in total. The first kappa shape index (κ1) is 11.3. The highest BCUT2D eigenvalue weighted by molar-refractivity contribution is 6.33. The third kappa shape index (κ3) is 1.68. The summed E-state index contributed by atoms with van der Waals surface area (Å²) in [5, 5.41) is 30.4. The first-order valence-corrected chi connectivity index (χ1v) is 5.82. The van der Waals surface area contributed by atoms with Crippen LogP contribution in [0.25, 0.3) is 16.6 Å². The largest absolute Gasteiger partial charge is 0.512 e. The van der Waals surface area contributed by atoms with E-state index >= 15 is 0 Å². The zero-order valence-electron chi connectivity index (χ0n) is 9.26. The SMILES string of the molecule is OC1=CC=C(c2c(Cl)ccc3[nH]nnc23)C(O)C1. The minimum Gasteiger partial charge on any atom is -0.512 e. The number of hydrogen-bond donors (Lipinski definition) is 3. The van der Waals surface area contributed by atoms with Crippen LogP contribution < -0.4 is 0 Å². The first-order valence-electron chi connectivity index (χ1n) is 5.44. The highest BCUT2D eigenvalue weighted by atomic mass is 35.5. The van der Waals surface area contributed by atoms with Crippen LogP contribution in [0.15, 0.2) is 30.0 Å². The van der Waals surface area contributed by atoms with Gasteiger partial charge >= 0.3 is 0 Å². The Morgan fingerprint density at radius 3 is 2.94 bits per heavy atom. The van der Waals surface area contributed by atoms with Crippen molar-refractivity contribution in [2.24, 2.45) is 0 Å². The van der Waals surface area contributed by atoms with E-state index in [1.807, 2.05) is 0 Å². The number of rotatable bonds is 1. The number of H-pyrrole nitrogens is 1. The quantitative estimate of drug-likeness (QED) is 0.737. The van der Waals surface area contributed by atoms with E-state index in [1.54, 1.807) is 24.3 Å². The summed E-state index contributed by atoms with van der Waals surface area (Å²) in [6.45, 7) is 0. The van der Waals surface area contributed by atoms with Crippen LogP contribution in [0.3, 0.4) is 0 Å². The molecular formula is C12H10ClN3O2. The molecule has 0 radical (unpaired) electrons. The molecule has 1 aromatic heterocycles. The zero-order valence-corrected chi connectivity index (χ0v) is 10.0. The van der Waals surface area contributed by atoms with Gasteiger partial charge in [0.05, 0.1) is 22.4 Å². The molecule has 6 heteroatoms. The van der Waals surface area contributed by atoms with Crippen LogP contribution in [0.2, 0.25) is 5.02 Å². The monoisotopic (exact) mass is 263 g/mol. The van der Waals surface area contributed by atoms with Crippen molar-refractivity contribution < 1.29 is 10.2 Å². The fourth-order valence-corrected chi connectivity index (χ4v) is 2.35. The lowest BCUT2D eigenvalue weighted by atomic mass is 9.93. The molecule has 1 unspecified atom stereocenters. The molecule has 92 valence electrons. The van der Waals surface area contributed by atoms with E-state index in [2.05, 4.69) is 15.4 Å². The van der Waals surface area contributed by atoms with Crippen molar-refractivity contribution in [3.63, 3.8) is 0 Å². The van der Waals surface area contributed by atoms with Crippen LogP contribution in [-0.4, -0.2) is 31.7 Å². The molecule has 1 atom stereocenters. The number of nitrogens with zero attached hydrogens (tertiary/aromatic N) is 2. The van der Waals surface area contributed by atoms with Gasteiger partial charge in [0.25, 0.3) is 0 Å². The summed E-state index contributed by atoms with van der Waals surface area (Å²) in [5.41, 5.74) is 2.65. The highest BCUT2D eigenvalue weighted by Gasteiger charge is 2.22. The Bertz CT molecular complexity index is 675. The number of benzene rings is 1. The average molecular weight is 264 g/mol. The molecule has 0 fully saturated rings. The van der Waals surface area contributed by atoms with Gasteiger partial charge in [-0.15, -0.1) is 5.10 Å². The number of aromatic nitrogens is 3. The lowest BCUT2D eigenvalue weighted by Gasteiger charge is -2.19. The summed E-state index contributed by atoms with van der Waals surface area (Å²) in [6, 6.07) is 3.51. The van der Waals surface area contributed by atoms with Gasteiger partial charge in [0, 0.05) is 12.0 Å². The highest BCUT2D eigenvalue weighted by Crippen LogP contribution is 2.35. The average Bonchev–Trinajstić information content (AvgIpc) is 2.79. The zero-order chi connectivity index (χ0) is 12.7. The Morgan fingerprint density at radius 2 is 2.17 bits per heavy atom. The van der Waals surface area contributed by atoms with E-state index in [4.69, 9.17) is 11.6 Å². The molecule has 0 saturated carbocycles. The van der Waals surface area contributed by atoms with Crippen LogP contribution in [0, 0.1) is 0 Å². The van der Waals surface area contributed by atoms with Gasteiger partial charge in [-0.1, -0.05) is 22.9 Å². The number of aliphatic hydroxyl groups excluding tert-OH is 2. The summed E-state index contributed by atoms with van der Waals surface area (Å²) >= 11 is 6.18. The summed E-state index contributed by atoms with van der Waals surface area (Å²) in [7, 11) is 0. The standard InChI is InChI=1S/C12H10ClN3O2/c13-8-3-4-9-12(15-16-14-9)11(8)7-2-1-6(17)5-10(7)18/h1-4,10,17-18H,5H2,(H,14,15,16). The van der Waals surface area contributed by atoms with E-state index in [0.717, 1.165) is 5.52 Å². The molecule has 2 aromatic rings. The van der Waals surface area contributed by atoms with Crippen LogP contribution in [0.4, 0.5) is 0 Å². The van der Waals surface area contributed by atoms with Gasteiger partial charge in [0.2, 0.25) is 0 Å². The maximum Gasteiger partial charge on any atom is 0.122 e. The predicted molar refractivity (Wildman–Crippen MR) is 68.2 cm³/mol. The smallest absolute Gasteiger partial charge is 0.122 e. The van der Waals surface area contributed by atoms with E-state index in [9.17, 15) is 10.2 Å². The first-order chi connectivity index (χ1) is 8.66. The van der Waals surface area contributed by atoms with Gasteiger partial charge in [-0.25, -0.2) is 0 Å². The van der Waals surface area contributed by atoms with Crippen LogP contribution in [0.5, 0.6) is 0 Å². The number of allylic oxidation sites excluding steroid dienone is 2. The van der Waals surface area contributed by atoms with Crippen molar-refractivity contribution in [1.82, 2.24) is 15.4 Å². The number of hydrogen-bond acceptors (Lipinski definition) is 4. The normalized spacial score (nSPS) is 19.8. The summed E-state index contributed by atoms with van der Waals surface area (Å²) in [6.07, 6.45) is 2.58. The molecule has 0 saturated heterocycles. The van der Waals surface area contributed by atoms with E-state index in [1.165, 1.54) is 0 Å². The number of aromatic amines is 1. The van der Waals surface area contributed by atoms with Crippen LogP contribution in [0.1, 0.15) is 12.0 Å². The van der Waals surface area contributed by atoms with Crippen LogP contribution in [-0.2, 0) is 0 Å². The van der Waals surface area contributed by atoms with Crippen molar-refractivity contribution in [3.8, 4) is 0 Å². The Hall–Kier alpha value is -1.85. The molecule has 1 aromatic carbocycles. The maximum absolute atomic E-state index is 10.0. The number of fused-ring (bicyclic) bond motifs is 1. The third-order valence-electron chi connectivity index (χ3n) is 2.95. The van der Waals surface area contributed by atoms with Gasteiger partial charge in [0.15, 0.2) is 0 Å². The summed E-state index contributed by atoms with van der Waals surface area (Å²) in [4.78, 5) is 0. The van der Waals surface area contributed by atoms with Gasteiger partial charge in [0.1, 0.15) is 5.52 Å². The minimum atomic E-state index is -0.796. The molecule has 3 rings (SSSR count). The van der Waals surface area contributed by atoms with Gasteiger partial charge in [-0.05, 0) is 23.8 Å². The molecule has 0 amide bonds. The number of nitrogens with one attached hydrogen (secondary N) is 1. The second kappa shape index (κ2) is 4.12. The fourth-order valence-electron chi connectivity index (χ4n) is 2.09. The van der Waals surface area contributed by atoms with Crippen molar-refractivity contribution >= 4 is 28.2 Å². The summed E-state index contributed by atoms with van der Waals surface area (Å²) in [5.74, 6) is 0.148. The molecular weight excluding hydrogens is 254 g/mol. The minimum absolute atomic E-state index is 0.148. The molecule has 1 aliphatic rings. The Balaban J connectivity index is 2.25. The summed E-state index contributed by atoms with van der Waals surface area (Å²) < 4.78 is 0. The molecule has 0 spiro atoms. The van der Waals surface area contributed by atoms with Crippen molar-refractivity contribution in [2.75, 3.05) is 0 Å². The van der Waals surface area contributed by atoms with Crippen molar-refractivity contribution in [2.45, 2.75) is 12.5 Å².